The monoisotopic (exact) mass is 343 g/mol. The zero-order valence-electron chi connectivity index (χ0n) is 14.2. The minimum atomic E-state index is 0.0319. The van der Waals surface area contributed by atoms with Crippen LogP contribution in [0.1, 0.15) is 45.4 Å². The number of rotatable bonds is 1. The fraction of sp³-hybridized carbons (Fsp3) is 0.600. The normalized spacial score (nSPS) is 32.9. The van der Waals surface area contributed by atoms with Crippen LogP contribution in [-0.4, -0.2) is 23.5 Å². The number of hydrogen-bond acceptors (Lipinski definition) is 3. The van der Waals surface area contributed by atoms with Gasteiger partial charge in [0.15, 0.2) is 0 Å². The number of benzene rings is 1. The van der Waals surface area contributed by atoms with Gasteiger partial charge in [-0.3, -0.25) is 9.59 Å². The van der Waals surface area contributed by atoms with Crippen molar-refractivity contribution in [2.75, 3.05) is 11.4 Å². The lowest BCUT2D eigenvalue weighted by Crippen LogP contribution is -2.44. The van der Waals surface area contributed by atoms with E-state index in [1.54, 1.807) is 0 Å². The van der Waals surface area contributed by atoms with Crippen molar-refractivity contribution in [3.05, 3.63) is 24.3 Å². The second kappa shape index (κ2) is 6.55. The van der Waals surface area contributed by atoms with E-state index in [-0.39, 0.29) is 23.7 Å². The molecule has 1 aliphatic heterocycles. The zero-order valence-corrected chi connectivity index (χ0v) is 15.1. The summed E-state index contributed by atoms with van der Waals surface area (Å²) in [5, 5.41) is 0.524. The van der Waals surface area contributed by atoms with Crippen molar-refractivity contribution in [2.24, 2.45) is 17.8 Å². The Morgan fingerprint density at radius 3 is 2.58 bits per heavy atom. The van der Waals surface area contributed by atoms with Crippen molar-refractivity contribution < 1.29 is 9.59 Å². The van der Waals surface area contributed by atoms with Crippen molar-refractivity contribution >= 4 is 29.1 Å². The van der Waals surface area contributed by atoms with E-state index in [9.17, 15) is 9.59 Å². The first kappa shape index (κ1) is 16.2. The molecule has 0 N–H and O–H groups in total. The highest BCUT2D eigenvalue weighted by atomic mass is 32.2. The summed E-state index contributed by atoms with van der Waals surface area (Å²) in [6.45, 7) is 3.03. The Kier molecular flexibility index (Phi) is 4.42. The number of para-hydroxylation sites is 1. The molecule has 0 spiro atoms. The fourth-order valence-electron chi connectivity index (χ4n) is 4.62. The predicted octanol–water partition coefficient (Wildman–Crippen LogP) is 4.30. The fourth-order valence-corrected chi connectivity index (χ4v) is 5.73. The third kappa shape index (κ3) is 2.90. The highest BCUT2D eigenvalue weighted by Crippen LogP contribution is 2.43. The Morgan fingerprint density at radius 1 is 1.12 bits per heavy atom. The number of nitrogens with zero attached hydrogens (tertiary/aromatic N) is 1. The third-order valence-corrected chi connectivity index (χ3v) is 7.14. The first-order chi connectivity index (χ1) is 11.6. The van der Waals surface area contributed by atoms with Crippen LogP contribution < -0.4 is 4.90 Å². The van der Waals surface area contributed by atoms with E-state index in [1.807, 2.05) is 22.7 Å². The van der Waals surface area contributed by atoms with Gasteiger partial charge in [0.05, 0.1) is 5.69 Å². The smallest absolute Gasteiger partial charge is 0.230 e. The molecular formula is C20H25NO2S. The van der Waals surface area contributed by atoms with Gasteiger partial charge in [0.25, 0.3) is 0 Å². The van der Waals surface area contributed by atoms with Gasteiger partial charge in [0, 0.05) is 34.4 Å². The van der Waals surface area contributed by atoms with E-state index in [2.05, 4.69) is 25.1 Å². The molecular weight excluding hydrogens is 318 g/mol. The van der Waals surface area contributed by atoms with Crippen LogP contribution >= 0.6 is 11.8 Å². The molecule has 0 aromatic heterocycles. The Morgan fingerprint density at radius 2 is 1.83 bits per heavy atom. The highest BCUT2D eigenvalue weighted by molar-refractivity contribution is 8.00. The van der Waals surface area contributed by atoms with E-state index >= 15 is 0 Å². The number of carbonyl (C=O) groups excluding carboxylic acids is 2. The Balaban J connectivity index is 1.59. The van der Waals surface area contributed by atoms with Crippen molar-refractivity contribution in [3.63, 3.8) is 0 Å². The molecule has 1 aromatic rings. The van der Waals surface area contributed by atoms with Gasteiger partial charge in [0.1, 0.15) is 5.78 Å². The quantitative estimate of drug-likeness (QED) is 0.763. The van der Waals surface area contributed by atoms with Crippen molar-refractivity contribution in [2.45, 2.75) is 55.6 Å². The Bertz CT molecular complexity index is 643. The maximum absolute atomic E-state index is 13.3. The number of Topliss-reactive ketones (excluding diaryl/α,β-unsaturated/α-hetero) is 1. The number of anilines is 1. The Labute approximate surface area is 148 Å². The maximum atomic E-state index is 13.3. The lowest BCUT2D eigenvalue weighted by atomic mass is 9.67. The molecule has 3 aliphatic rings. The molecule has 1 amide bonds. The summed E-state index contributed by atoms with van der Waals surface area (Å²) in [4.78, 5) is 28.9. The minimum absolute atomic E-state index is 0.0319. The molecule has 24 heavy (non-hydrogen) atoms. The number of hydrogen-bond donors (Lipinski definition) is 0. The molecule has 128 valence electrons. The Hall–Kier alpha value is -1.29. The molecule has 1 heterocycles. The summed E-state index contributed by atoms with van der Waals surface area (Å²) < 4.78 is 0. The van der Waals surface area contributed by atoms with Crippen LogP contribution in [0.4, 0.5) is 5.69 Å². The SMILES string of the molecule is CC1CCN(C(=O)C2CC3CCCC(C2)C3=O)c2ccccc2S1. The average Bonchev–Trinajstić information content (AvgIpc) is 2.72. The van der Waals surface area contributed by atoms with E-state index < -0.39 is 0 Å². The topological polar surface area (TPSA) is 37.4 Å². The minimum Gasteiger partial charge on any atom is -0.311 e. The molecule has 3 nitrogen and oxygen atoms in total. The molecule has 1 aromatic carbocycles. The molecule has 4 rings (SSSR count). The molecule has 2 aliphatic carbocycles. The van der Waals surface area contributed by atoms with Crippen LogP contribution in [0, 0.1) is 17.8 Å². The van der Waals surface area contributed by atoms with E-state index in [1.165, 1.54) is 4.90 Å². The van der Waals surface area contributed by atoms with Crippen LogP contribution in [0.15, 0.2) is 29.2 Å². The third-order valence-electron chi connectivity index (χ3n) is 5.91. The average molecular weight is 343 g/mol. The summed E-state index contributed by atoms with van der Waals surface area (Å²) in [7, 11) is 0. The van der Waals surface area contributed by atoms with Crippen LogP contribution in [-0.2, 0) is 9.59 Å². The van der Waals surface area contributed by atoms with Gasteiger partial charge in [-0.05, 0) is 44.2 Å². The van der Waals surface area contributed by atoms with Crippen LogP contribution in [0.25, 0.3) is 0 Å². The van der Waals surface area contributed by atoms with Gasteiger partial charge in [-0.15, -0.1) is 11.8 Å². The zero-order chi connectivity index (χ0) is 16.7. The largest absolute Gasteiger partial charge is 0.311 e. The van der Waals surface area contributed by atoms with Crippen LogP contribution in [0.5, 0.6) is 0 Å². The standard InChI is InChI=1S/C20H25NO2S/c1-13-9-10-21(17-7-2-3-8-18(17)24-13)20(23)16-11-14-5-4-6-15(12-16)19(14)22/h2-3,7-8,13-16H,4-6,9-12H2,1H3. The highest BCUT2D eigenvalue weighted by Gasteiger charge is 2.42. The summed E-state index contributed by atoms with van der Waals surface area (Å²) in [6, 6.07) is 8.28. The molecule has 3 unspecified atom stereocenters. The van der Waals surface area contributed by atoms with Gasteiger partial charge >= 0.3 is 0 Å². The number of carbonyl (C=O) groups is 2. The van der Waals surface area contributed by atoms with Gasteiger partial charge in [0.2, 0.25) is 5.91 Å². The second-order valence-electron chi connectivity index (χ2n) is 7.57. The molecule has 2 saturated carbocycles. The molecule has 0 radical (unpaired) electrons. The van der Waals surface area contributed by atoms with Crippen molar-refractivity contribution in [1.82, 2.24) is 0 Å². The van der Waals surface area contributed by atoms with Crippen molar-refractivity contribution in [3.8, 4) is 0 Å². The summed E-state index contributed by atoms with van der Waals surface area (Å²) in [6.07, 6.45) is 5.70. The number of fused-ring (bicyclic) bond motifs is 3. The summed E-state index contributed by atoms with van der Waals surface area (Å²) >= 11 is 1.87. The molecule has 0 saturated heterocycles. The maximum Gasteiger partial charge on any atom is 0.230 e. The van der Waals surface area contributed by atoms with Gasteiger partial charge in [-0.25, -0.2) is 0 Å². The van der Waals surface area contributed by atoms with Crippen molar-refractivity contribution in [1.29, 1.82) is 0 Å². The number of amides is 1. The van der Waals surface area contributed by atoms with Gasteiger partial charge in [-0.1, -0.05) is 25.5 Å². The molecule has 4 heteroatoms. The molecule has 3 atom stereocenters. The van der Waals surface area contributed by atoms with Crippen LogP contribution in [0.3, 0.4) is 0 Å². The molecule has 2 bridgehead atoms. The van der Waals surface area contributed by atoms with Gasteiger partial charge < -0.3 is 4.90 Å². The number of ketones is 1. The van der Waals surface area contributed by atoms with E-state index in [0.717, 1.165) is 50.8 Å². The second-order valence-corrected chi connectivity index (χ2v) is 9.05. The van der Waals surface area contributed by atoms with Gasteiger partial charge in [-0.2, -0.15) is 0 Å². The number of thioether (sulfide) groups is 1. The lowest BCUT2D eigenvalue weighted by molar-refractivity contribution is -0.136. The first-order valence-corrected chi connectivity index (χ1v) is 10.1. The van der Waals surface area contributed by atoms with E-state index in [4.69, 9.17) is 0 Å². The summed E-state index contributed by atoms with van der Waals surface area (Å²) in [5.41, 5.74) is 1.07. The molecule has 2 fully saturated rings. The predicted molar refractivity (Wildman–Crippen MR) is 97.3 cm³/mol. The van der Waals surface area contributed by atoms with Crippen LogP contribution in [0.2, 0.25) is 0 Å². The van der Waals surface area contributed by atoms with E-state index in [0.29, 0.717) is 11.0 Å². The first-order valence-electron chi connectivity index (χ1n) is 9.24. The summed E-state index contributed by atoms with van der Waals surface area (Å²) in [5.74, 6) is 1.00. The lowest BCUT2D eigenvalue weighted by Gasteiger charge is -2.38.